The second-order valence-electron chi connectivity index (χ2n) is 4.22. The number of anilines is 3. The molecule has 2 rings (SSSR count). The molecule has 0 aliphatic rings. The van der Waals surface area contributed by atoms with Gasteiger partial charge in [-0.3, -0.25) is 0 Å². The van der Waals surface area contributed by atoms with Crippen LogP contribution in [0.5, 0.6) is 5.75 Å². The molecule has 0 fully saturated rings. The van der Waals surface area contributed by atoms with E-state index in [0.717, 1.165) is 22.8 Å². The average Bonchev–Trinajstić information content (AvgIpc) is 2.38. The molecule has 0 saturated heterocycles. The maximum absolute atomic E-state index is 5.81. The van der Waals surface area contributed by atoms with Gasteiger partial charge in [-0.05, 0) is 30.4 Å². The van der Waals surface area contributed by atoms with Crippen LogP contribution in [-0.2, 0) is 0 Å². The van der Waals surface area contributed by atoms with Gasteiger partial charge in [0.1, 0.15) is 17.4 Å². The van der Waals surface area contributed by atoms with Crippen LogP contribution in [0.3, 0.4) is 0 Å². The third-order valence-corrected chi connectivity index (χ3v) is 3.35. The molecule has 5 nitrogen and oxygen atoms in total. The Bertz CT molecular complexity index is 604. The lowest BCUT2D eigenvalue weighted by atomic mass is 10.2. The van der Waals surface area contributed by atoms with Crippen LogP contribution < -0.4 is 15.8 Å². The first-order valence-corrected chi connectivity index (χ1v) is 7.30. The van der Waals surface area contributed by atoms with Crippen molar-refractivity contribution in [2.75, 3.05) is 23.9 Å². The number of methoxy groups -OCH3 is 1. The van der Waals surface area contributed by atoms with E-state index in [-0.39, 0.29) is 0 Å². The first-order valence-electron chi connectivity index (χ1n) is 6.31. The molecule has 0 aliphatic heterocycles. The minimum Gasteiger partial charge on any atom is -0.495 e. The third-order valence-electron chi connectivity index (χ3n) is 2.62. The molecule has 0 saturated carbocycles. The van der Waals surface area contributed by atoms with Crippen LogP contribution in [0.1, 0.15) is 12.5 Å². The number of aryl methyl sites for hydroxylation is 1. The summed E-state index contributed by atoms with van der Waals surface area (Å²) in [7, 11) is 1.64. The van der Waals surface area contributed by atoms with E-state index in [1.165, 1.54) is 0 Å². The van der Waals surface area contributed by atoms with Gasteiger partial charge in [0, 0.05) is 6.07 Å². The van der Waals surface area contributed by atoms with Gasteiger partial charge in [0.05, 0.1) is 12.8 Å². The molecule has 106 valence electrons. The number of rotatable bonds is 5. The number of nitrogens with one attached hydrogen (secondary N) is 1. The van der Waals surface area contributed by atoms with Gasteiger partial charge in [-0.1, -0.05) is 24.8 Å². The van der Waals surface area contributed by atoms with Crippen LogP contribution in [-0.4, -0.2) is 22.8 Å². The molecule has 0 bridgehead atoms. The van der Waals surface area contributed by atoms with Crippen molar-refractivity contribution in [1.82, 2.24) is 9.97 Å². The van der Waals surface area contributed by atoms with Crippen molar-refractivity contribution in [2.45, 2.75) is 19.0 Å². The lowest BCUT2D eigenvalue weighted by Gasteiger charge is -2.12. The van der Waals surface area contributed by atoms with E-state index >= 15 is 0 Å². The summed E-state index contributed by atoms with van der Waals surface area (Å²) in [6, 6.07) is 7.63. The highest BCUT2D eigenvalue weighted by Crippen LogP contribution is 2.29. The van der Waals surface area contributed by atoms with Crippen LogP contribution in [0.25, 0.3) is 0 Å². The van der Waals surface area contributed by atoms with Gasteiger partial charge in [0.2, 0.25) is 0 Å². The van der Waals surface area contributed by atoms with Gasteiger partial charge < -0.3 is 15.8 Å². The van der Waals surface area contributed by atoms with E-state index in [1.807, 2.05) is 32.0 Å². The second-order valence-corrected chi connectivity index (χ2v) is 5.45. The van der Waals surface area contributed by atoms with Gasteiger partial charge >= 0.3 is 0 Å². The molecule has 0 aliphatic carbocycles. The van der Waals surface area contributed by atoms with Gasteiger partial charge in [-0.25, -0.2) is 9.97 Å². The summed E-state index contributed by atoms with van der Waals surface area (Å²) in [4.78, 5) is 8.61. The molecule has 2 aromatic rings. The van der Waals surface area contributed by atoms with E-state index in [2.05, 4.69) is 15.3 Å². The molecule has 3 N–H and O–H groups in total. The number of ether oxygens (including phenoxy) is 1. The second kappa shape index (κ2) is 6.47. The first-order chi connectivity index (χ1) is 9.62. The smallest absolute Gasteiger partial charge is 0.191 e. The largest absolute Gasteiger partial charge is 0.495 e. The Labute approximate surface area is 123 Å². The average molecular weight is 290 g/mol. The number of hydrogen-bond acceptors (Lipinski definition) is 6. The maximum atomic E-state index is 5.81. The topological polar surface area (TPSA) is 73.1 Å². The molecule has 6 heteroatoms. The summed E-state index contributed by atoms with van der Waals surface area (Å²) >= 11 is 1.55. The number of nitrogens with two attached hydrogens (primary N) is 1. The van der Waals surface area contributed by atoms with Crippen LogP contribution in [0, 0.1) is 6.92 Å². The van der Waals surface area contributed by atoms with E-state index < -0.39 is 0 Å². The molecular weight excluding hydrogens is 272 g/mol. The molecule has 0 atom stereocenters. The molecule has 0 unspecified atom stereocenters. The molecule has 0 spiro atoms. The van der Waals surface area contributed by atoms with Gasteiger partial charge in [-0.15, -0.1) is 0 Å². The van der Waals surface area contributed by atoms with Crippen molar-refractivity contribution in [3.8, 4) is 5.75 Å². The van der Waals surface area contributed by atoms with Gasteiger partial charge in [0.15, 0.2) is 5.16 Å². The van der Waals surface area contributed by atoms with E-state index in [9.17, 15) is 0 Å². The number of hydrogen-bond donors (Lipinski definition) is 2. The Morgan fingerprint density at radius 2 is 2.10 bits per heavy atom. The van der Waals surface area contributed by atoms with E-state index in [4.69, 9.17) is 10.5 Å². The fourth-order valence-electron chi connectivity index (χ4n) is 1.76. The molecule has 1 aromatic heterocycles. The fourth-order valence-corrected chi connectivity index (χ4v) is 2.35. The highest BCUT2D eigenvalue weighted by Gasteiger charge is 2.07. The molecular formula is C14H18N4OS. The lowest BCUT2D eigenvalue weighted by molar-refractivity contribution is 0.416. The Hall–Kier alpha value is -1.95. The molecule has 1 aromatic carbocycles. The van der Waals surface area contributed by atoms with Crippen molar-refractivity contribution >= 4 is 29.1 Å². The Kier molecular flexibility index (Phi) is 4.68. The minimum atomic E-state index is 0.449. The fraction of sp³-hybridized carbons (Fsp3) is 0.286. The highest BCUT2D eigenvalue weighted by molar-refractivity contribution is 7.99. The number of nitrogens with zero attached hydrogens (tertiary/aromatic N) is 2. The van der Waals surface area contributed by atoms with Gasteiger partial charge in [0.25, 0.3) is 0 Å². The van der Waals surface area contributed by atoms with Crippen molar-refractivity contribution in [1.29, 1.82) is 0 Å². The number of thioether (sulfide) groups is 1. The molecule has 20 heavy (non-hydrogen) atoms. The zero-order valence-corrected chi connectivity index (χ0v) is 12.6. The minimum absolute atomic E-state index is 0.449. The summed E-state index contributed by atoms with van der Waals surface area (Å²) < 4.78 is 5.34. The predicted molar refractivity (Wildman–Crippen MR) is 83.9 cm³/mol. The third kappa shape index (κ3) is 3.54. The normalized spacial score (nSPS) is 10.3. The van der Waals surface area contributed by atoms with Crippen molar-refractivity contribution < 1.29 is 4.74 Å². The van der Waals surface area contributed by atoms with Crippen LogP contribution >= 0.6 is 11.8 Å². The Morgan fingerprint density at radius 1 is 1.30 bits per heavy atom. The van der Waals surface area contributed by atoms with Crippen molar-refractivity contribution in [3.63, 3.8) is 0 Å². The van der Waals surface area contributed by atoms with Crippen molar-refractivity contribution in [3.05, 3.63) is 29.8 Å². The zero-order chi connectivity index (χ0) is 14.5. The standard InChI is InChI=1S/C14H18N4OS/c1-4-20-14-17-12(15)8-13(18-14)16-10-7-9(2)5-6-11(10)19-3/h5-8H,4H2,1-3H3,(H3,15,16,17,18). The number of aromatic nitrogens is 2. The summed E-state index contributed by atoms with van der Waals surface area (Å²) in [5.41, 5.74) is 7.80. The quantitative estimate of drug-likeness (QED) is 0.650. The Balaban J connectivity index is 2.31. The first kappa shape index (κ1) is 14.5. The summed E-state index contributed by atoms with van der Waals surface area (Å²) in [5, 5.41) is 3.90. The Morgan fingerprint density at radius 3 is 2.80 bits per heavy atom. The van der Waals surface area contributed by atoms with Gasteiger partial charge in [-0.2, -0.15) is 0 Å². The summed E-state index contributed by atoms with van der Waals surface area (Å²) in [6.07, 6.45) is 0. The highest BCUT2D eigenvalue weighted by atomic mass is 32.2. The zero-order valence-electron chi connectivity index (χ0n) is 11.8. The van der Waals surface area contributed by atoms with E-state index in [0.29, 0.717) is 16.8 Å². The monoisotopic (exact) mass is 290 g/mol. The lowest BCUT2D eigenvalue weighted by Crippen LogP contribution is -2.01. The van der Waals surface area contributed by atoms with E-state index in [1.54, 1.807) is 24.9 Å². The molecule has 1 heterocycles. The SMILES string of the molecule is CCSc1nc(N)cc(Nc2cc(C)ccc2OC)n1. The maximum Gasteiger partial charge on any atom is 0.191 e. The molecule has 0 radical (unpaired) electrons. The number of nitrogen functional groups attached to an aromatic ring is 1. The van der Waals surface area contributed by atoms with Crippen LogP contribution in [0.4, 0.5) is 17.3 Å². The van der Waals surface area contributed by atoms with Crippen LogP contribution in [0.15, 0.2) is 29.4 Å². The predicted octanol–water partition coefficient (Wildman–Crippen LogP) is 3.23. The van der Waals surface area contributed by atoms with Crippen LogP contribution in [0.2, 0.25) is 0 Å². The summed E-state index contributed by atoms with van der Waals surface area (Å²) in [6.45, 7) is 4.07. The van der Waals surface area contributed by atoms with Crippen molar-refractivity contribution in [2.24, 2.45) is 0 Å². The summed E-state index contributed by atoms with van der Waals surface area (Å²) in [5.74, 6) is 2.77. The molecule has 0 amide bonds. The number of benzene rings is 1.